The molecule has 23 heavy (non-hydrogen) atoms. The van der Waals surface area contributed by atoms with E-state index in [1.807, 2.05) is 25.7 Å². The van der Waals surface area contributed by atoms with Crippen molar-refractivity contribution < 1.29 is 9.53 Å². The molecule has 0 spiro atoms. The molecule has 0 aliphatic carbocycles. The van der Waals surface area contributed by atoms with E-state index in [2.05, 4.69) is 15.3 Å². The zero-order valence-corrected chi connectivity index (χ0v) is 14.8. The summed E-state index contributed by atoms with van der Waals surface area (Å²) in [5.41, 5.74) is 0.244. The number of ether oxygens (including phenoxy) is 1. The molecule has 0 radical (unpaired) electrons. The average Bonchev–Trinajstić information content (AvgIpc) is 2.48. The van der Waals surface area contributed by atoms with Gasteiger partial charge in [0.25, 0.3) is 0 Å². The van der Waals surface area contributed by atoms with Gasteiger partial charge in [0.15, 0.2) is 5.15 Å². The van der Waals surface area contributed by atoms with Crippen LogP contribution in [-0.2, 0) is 11.3 Å². The summed E-state index contributed by atoms with van der Waals surface area (Å²) in [6.07, 6.45) is 6.07. The van der Waals surface area contributed by atoms with Gasteiger partial charge in [-0.15, -0.1) is 0 Å². The Kier molecular flexibility index (Phi) is 6.18. The maximum Gasteiger partial charge on any atom is 0.410 e. The van der Waals surface area contributed by atoms with E-state index in [-0.39, 0.29) is 12.1 Å². The standard InChI is InChI=1S/C16H25ClN4O2/c1-16(2,3)23-15(22)21-9-5-4-6-12(21)10-18-11-13-14(17)20-8-7-19-13/h7-8,12,18H,4-6,9-11H2,1-3H3/t12-/m1/s1. The van der Waals surface area contributed by atoms with E-state index in [0.29, 0.717) is 23.9 Å². The topological polar surface area (TPSA) is 67.3 Å². The van der Waals surface area contributed by atoms with Gasteiger partial charge in [-0.1, -0.05) is 11.6 Å². The first-order chi connectivity index (χ1) is 10.9. The van der Waals surface area contributed by atoms with Gasteiger partial charge in [0.2, 0.25) is 0 Å². The molecule has 1 N–H and O–H groups in total. The lowest BCUT2D eigenvalue weighted by Gasteiger charge is -2.36. The van der Waals surface area contributed by atoms with Crippen LogP contribution in [0.1, 0.15) is 45.7 Å². The van der Waals surface area contributed by atoms with Crippen molar-refractivity contribution in [3.8, 4) is 0 Å². The first kappa shape index (κ1) is 17.9. The van der Waals surface area contributed by atoms with Crippen LogP contribution in [0.15, 0.2) is 12.4 Å². The fraction of sp³-hybridized carbons (Fsp3) is 0.688. The molecular formula is C16H25ClN4O2. The van der Waals surface area contributed by atoms with Crippen molar-refractivity contribution in [3.63, 3.8) is 0 Å². The summed E-state index contributed by atoms with van der Waals surface area (Å²) in [6, 6.07) is 0.133. The number of nitrogens with one attached hydrogen (secondary N) is 1. The summed E-state index contributed by atoms with van der Waals surface area (Å²) in [4.78, 5) is 22.4. The van der Waals surface area contributed by atoms with Gasteiger partial charge in [0, 0.05) is 38.1 Å². The summed E-state index contributed by atoms with van der Waals surface area (Å²) < 4.78 is 5.51. The lowest BCUT2D eigenvalue weighted by molar-refractivity contribution is 0.00993. The van der Waals surface area contributed by atoms with Crippen LogP contribution in [0, 0.1) is 0 Å². The monoisotopic (exact) mass is 340 g/mol. The fourth-order valence-electron chi connectivity index (χ4n) is 2.60. The van der Waals surface area contributed by atoms with Crippen LogP contribution in [0.4, 0.5) is 4.79 Å². The van der Waals surface area contributed by atoms with Crippen molar-refractivity contribution >= 4 is 17.7 Å². The summed E-state index contributed by atoms with van der Waals surface area (Å²) >= 11 is 6.00. The highest BCUT2D eigenvalue weighted by atomic mass is 35.5. The second-order valence-electron chi connectivity index (χ2n) is 6.75. The van der Waals surface area contributed by atoms with Gasteiger partial charge in [0.1, 0.15) is 5.60 Å². The average molecular weight is 341 g/mol. The second-order valence-corrected chi connectivity index (χ2v) is 7.11. The number of rotatable bonds is 4. The number of carbonyl (C=O) groups excluding carboxylic acids is 1. The zero-order chi connectivity index (χ0) is 16.9. The molecule has 1 aliphatic rings. The van der Waals surface area contributed by atoms with Crippen LogP contribution >= 0.6 is 11.6 Å². The molecule has 1 aliphatic heterocycles. The number of likely N-dealkylation sites (tertiary alicyclic amines) is 1. The molecule has 128 valence electrons. The first-order valence-electron chi connectivity index (χ1n) is 8.02. The number of amides is 1. The molecule has 6 nitrogen and oxygen atoms in total. The third kappa shape index (κ3) is 5.62. The quantitative estimate of drug-likeness (QED) is 0.912. The zero-order valence-electron chi connectivity index (χ0n) is 14.0. The molecule has 0 saturated carbocycles. The Morgan fingerprint density at radius 1 is 1.39 bits per heavy atom. The number of piperidine rings is 1. The highest BCUT2D eigenvalue weighted by molar-refractivity contribution is 6.29. The van der Waals surface area contributed by atoms with E-state index in [9.17, 15) is 4.79 Å². The molecule has 1 atom stereocenters. The SMILES string of the molecule is CC(C)(C)OC(=O)N1CCCC[C@@H]1CNCc1nccnc1Cl. The van der Waals surface area contributed by atoms with Gasteiger partial charge in [0.05, 0.1) is 5.69 Å². The van der Waals surface area contributed by atoms with Crippen LogP contribution in [-0.4, -0.2) is 45.7 Å². The van der Waals surface area contributed by atoms with Gasteiger partial charge in [-0.25, -0.2) is 9.78 Å². The van der Waals surface area contributed by atoms with Gasteiger partial charge in [-0.05, 0) is 40.0 Å². The molecular weight excluding hydrogens is 316 g/mol. The largest absolute Gasteiger partial charge is 0.444 e. The minimum atomic E-state index is -0.473. The van der Waals surface area contributed by atoms with Gasteiger partial charge in [-0.2, -0.15) is 0 Å². The highest BCUT2D eigenvalue weighted by Gasteiger charge is 2.30. The maximum absolute atomic E-state index is 12.3. The van der Waals surface area contributed by atoms with E-state index < -0.39 is 5.60 Å². The predicted molar refractivity (Wildman–Crippen MR) is 89.3 cm³/mol. The lowest BCUT2D eigenvalue weighted by Crippen LogP contribution is -2.50. The summed E-state index contributed by atoms with van der Waals surface area (Å²) in [7, 11) is 0. The lowest BCUT2D eigenvalue weighted by atomic mass is 10.0. The minimum Gasteiger partial charge on any atom is -0.444 e. The van der Waals surface area contributed by atoms with E-state index in [1.54, 1.807) is 12.4 Å². The highest BCUT2D eigenvalue weighted by Crippen LogP contribution is 2.20. The Balaban J connectivity index is 1.89. The number of carbonyl (C=O) groups is 1. The molecule has 0 aromatic carbocycles. The first-order valence-corrected chi connectivity index (χ1v) is 8.40. The van der Waals surface area contributed by atoms with Crippen molar-refractivity contribution in [2.45, 2.75) is 58.2 Å². The molecule has 1 aromatic rings. The Bertz CT molecular complexity index is 533. The van der Waals surface area contributed by atoms with E-state index in [4.69, 9.17) is 16.3 Å². The summed E-state index contributed by atoms with van der Waals surface area (Å²) in [6.45, 7) is 7.62. The minimum absolute atomic E-state index is 0.133. The molecule has 1 saturated heterocycles. The Morgan fingerprint density at radius 2 is 2.13 bits per heavy atom. The number of nitrogens with zero attached hydrogens (tertiary/aromatic N) is 3. The third-order valence-electron chi connectivity index (χ3n) is 3.65. The van der Waals surface area contributed by atoms with Crippen LogP contribution in [0.3, 0.4) is 0 Å². The van der Waals surface area contributed by atoms with Crippen LogP contribution in [0.5, 0.6) is 0 Å². The predicted octanol–water partition coefficient (Wildman–Crippen LogP) is 3.01. The van der Waals surface area contributed by atoms with Crippen molar-refractivity contribution in [1.29, 1.82) is 0 Å². The molecule has 1 fully saturated rings. The van der Waals surface area contributed by atoms with Crippen molar-refractivity contribution in [2.75, 3.05) is 13.1 Å². The van der Waals surface area contributed by atoms with Crippen molar-refractivity contribution in [3.05, 3.63) is 23.2 Å². The summed E-state index contributed by atoms with van der Waals surface area (Å²) in [5.74, 6) is 0. The molecule has 2 rings (SSSR count). The fourth-order valence-corrected chi connectivity index (χ4v) is 2.77. The van der Waals surface area contributed by atoms with Crippen LogP contribution < -0.4 is 5.32 Å². The molecule has 0 unspecified atom stereocenters. The smallest absolute Gasteiger partial charge is 0.410 e. The van der Waals surface area contributed by atoms with E-state index in [1.165, 1.54) is 0 Å². The number of hydrogen-bond donors (Lipinski definition) is 1. The van der Waals surface area contributed by atoms with Crippen molar-refractivity contribution in [2.24, 2.45) is 0 Å². The van der Waals surface area contributed by atoms with Gasteiger partial charge < -0.3 is 15.0 Å². The molecule has 7 heteroatoms. The number of aromatic nitrogens is 2. The number of hydrogen-bond acceptors (Lipinski definition) is 5. The Labute approximate surface area is 142 Å². The van der Waals surface area contributed by atoms with Crippen molar-refractivity contribution in [1.82, 2.24) is 20.2 Å². The summed E-state index contributed by atoms with van der Waals surface area (Å²) in [5, 5.41) is 3.73. The number of halogens is 1. The molecule has 0 bridgehead atoms. The van der Waals surface area contributed by atoms with Crippen LogP contribution in [0.25, 0.3) is 0 Å². The van der Waals surface area contributed by atoms with E-state index in [0.717, 1.165) is 25.8 Å². The van der Waals surface area contributed by atoms with E-state index >= 15 is 0 Å². The third-order valence-corrected chi connectivity index (χ3v) is 3.97. The van der Waals surface area contributed by atoms with Gasteiger partial charge in [-0.3, -0.25) is 4.98 Å². The van der Waals surface area contributed by atoms with Crippen LogP contribution in [0.2, 0.25) is 5.15 Å². The Hall–Kier alpha value is -1.40. The molecule has 1 amide bonds. The molecule has 1 aromatic heterocycles. The molecule has 2 heterocycles. The Morgan fingerprint density at radius 3 is 2.83 bits per heavy atom. The second kappa shape index (κ2) is 7.93. The maximum atomic E-state index is 12.3. The normalized spacial score (nSPS) is 18.8. The van der Waals surface area contributed by atoms with Gasteiger partial charge >= 0.3 is 6.09 Å².